The van der Waals surface area contributed by atoms with Crippen LogP contribution in [0.15, 0.2) is 53.2 Å². The fourth-order valence-electron chi connectivity index (χ4n) is 2.08. The highest BCUT2D eigenvalue weighted by atomic mass is 32.1. The number of aromatic nitrogens is 1. The summed E-state index contributed by atoms with van der Waals surface area (Å²) in [6, 6.07) is 9.66. The van der Waals surface area contributed by atoms with Gasteiger partial charge in [0.15, 0.2) is 16.7 Å². The molecule has 3 rings (SSSR count). The predicted octanol–water partition coefficient (Wildman–Crippen LogP) is 3.90. The SMILES string of the molecule is Cc1nc(NC(=O)c2ccco2)sc1C(=O)C=Cc1ccc(O)cc1. The highest BCUT2D eigenvalue weighted by Gasteiger charge is 2.16. The molecule has 2 aromatic heterocycles. The number of aromatic hydroxyl groups is 1. The van der Waals surface area contributed by atoms with E-state index in [9.17, 15) is 14.7 Å². The Morgan fingerprint density at radius 2 is 2.00 bits per heavy atom. The number of ketones is 1. The van der Waals surface area contributed by atoms with Gasteiger partial charge in [-0.2, -0.15) is 0 Å². The molecular formula is C18H14N2O4S. The summed E-state index contributed by atoms with van der Waals surface area (Å²) in [7, 11) is 0. The molecular weight excluding hydrogens is 340 g/mol. The zero-order valence-electron chi connectivity index (χ0n) is 13.2. The van der Waals surface area contributed by atoms with Gasteiger partial charge in [-0.3, -0.25) is 14.9 Å². The fraction of sp³-hybridized carbons (Fsp3) is 0.0556. The molecule has 0 saturated heterocycles. The number of rotatable bonds is 5. The summed E-state index contributed by atoms with van der Waals surface area (Å²) in [5, 5.41) is 12.2. The number of benzene rings is 1. The Morgan fingerprint density at radius 3 is 2.68 bits per heavy atom. The molecule has 0 atom stereocenters. The van der Waals surface area contributed by atoms with Gasteiger partial charge in [0.2, 0.25) is 0 Å². The number of phenolic OH excluding ortho intramolecular Hbond substituents is 1. The van der Waals surface area contributed by atoms with Crippen LogP contribution in [0.1, 0.15) is 31.5 Å². The van der Waals surface area contributed by atoms with Gasteiger partial charge in [0, 0.05) is 0 Å². The van der Waals surface area contributed by atoms with Gasteiger partial charge in [-0.05, 0) is 42.8 Å². The molecule has 7 heteroatoms. The lowest BCUT2D eigenvalue weighted by atomic mass is 10.1. The van der Waals surface area contributed by atoms with E-state index >= 15 is 0 Å². The molecule has 1 amide bonds. The smallest absolute Gasteiger partial charge is 0.293 e. The highest BCUT2D eigenvalue weighted by Crippen LogP contribution is 2.24. The van der Waals surface area contributed by atoms with Crippen molar-refractivity contribution in [2.75, 3.05) is 5.32 Å². The Labute approximate surface area is 147 Å². The van der Waals surface area contributed by atoms with Crippen molar-refractivity contribution in [3.05, 3.63) is 70.6 Å². The number of aryl methyl sites for hydroxylation is 1. The van der Waals surface area contributed by atoms with Crippen LogP contribution in [0.2, 0.25) is 0 Å². The fourth-order valence-corrected chi connectivity index (χ4v) is 2.96. The van der Waals surface area contributed by atoms with Crippen LogP contribution in [0.25, 0.3) is 6.08 Å². The topological polar surface area (TPSA) is 92.4 Å². The molecule has 0 saturated carbocycles. The van der Waals surface area contributed by atoms with Crippen molar-refractivity contribution >= 4 is 34.2 Å². The number of carbonyl (C=O) groups is 2. The first-order valence-corrected chi connectivity index (χ1v) is 8.18. The first-order valence-electron chi connectivity index (χ1n) is 7.36. The zero-order valence-corrected chi connectivity index (χ0v) is 14.0. The number of anilines is 1. The van der Waals surface area contributed by atoms with Crippen molar-refractivity contribution in [2.24, 2.45) is 0 Å². The molecule has 126 valence electrons. The number of furan rings is 1. The minimum atomic E-state index is -0.419. The maximum absolute atomic E-state index is 12.3. The van der Waals surface area contributed by atoms with Gasteiger partial charge in [0.25, 0.3) is 5.91 Å². The van der Waals surface area contributed by atoms with Crippen LogP contribution in [0, 0.1) is 6.92 Å². The van der Waals surface area contributed by atoms with E-state index in [4.69, 9.17) is 4.42 Å². The van der Waals surface area contributed by atoms with Crippen LogP contribution in [0.5, 0.6) is 5.75 Å². The molecule has 2 N–H and O–H groups in total. The average Bonchev–Trinajstić information content (AvgIpc) is 3.24. The molecule has 1 aromatic carbocycles. The van der Waals surface area contributed by atoms with E-state index in [0.29, 0.717) is 15.7 Å². The third-order valence-corrected chi connectivity index (χ3v) is 4.39. The lowest BCUT2D eigenvalue weighted by Gasteiger charge is -1.96. The van der Waals surface area contributed by atoms with E-state index in [1.54, 1.807) is 49.4 Å². The van der Waals surface area contributed by atoms with Crippen molar-refractivity contribution in [3.63, 3.8) is 0 Å². The number of phenols is 1. The molecule has 0 aliphatic rings. The molecule has 25 heavy (non-hydrogen) atoms. The predicted molar refractivity (Wildman–Crippen MR) is 95.0 cm³/mol. The number of allylic oxidation sites excluding steroid dienone is 1. The summed E-state index contributed by atoms with van der Waals surface area (Å²) in [4.78, 5) is 28.9. The molecule has 0 radical (unpaired) electrons. The van der Waals surface area contributed by atoms with Crippen molar-refractivity contribution < 1.29 is 19.1 Å². The molecule has 0 unspecified atom stereocenters. The molecule has 3 aromatic rings. The second-order valence-electron chi connectivity index (χ2n) is 5.15. The summed E-state index contributed by atoms with van der Waals surface area (Å²) in [5.74, 6) is -0.286. The maximum atomic E-state index is 12.3. The molecule has 0 bridgehead atoms. The standard InChI is InChI=1S/C18H14N2O4S/c1-11-16(14(22)9-6-12-4-7-13(21)8-5-12)25-18(19-11)20-17(23)15-3-2-10-24-15/h2-10,21H,1H3,(H,19,20,23). The summed E-state index contributed by atoms with van der Waals surface area (Å²) < 4.78 is 5.02. The number of amides is 1. The molecule has 2 heterocycles. The van der Waals surface area contributed by atoms with Crippen molar-refractivity contribution in [1.29, 1.82) is 0 Å². The van der Waals surface area contributed by atoms with Crippen molar-refractivity contribution in [3.8, 4) is 5.75 Å². The Hall–Kier alpha value is -3.19. The van der Waals surface area contributed by atoms with Crippen LogP contribution in [-0.2, 0) is 0 Å². The van der Waals surface area contributed by atoms with Crippen LogP contribution < -0.4 is 5.32 Å². The van der Waals surface area contributed by atoms with E-state index in [1.165, 1.54) is 12.3 Å². The van der Waals surface area contributed by atoms with E-state index in [-0.39, 0.29) is 17.3 Å². The molecule has 0 aliphatic heterocycles. The molecule has 0 fully saturated rings. The number of thiazole rings is 1. The second-order valence-corrected chi connectivity index (χ2v) is 6.15. The first kappa shape index (κ1) is 16.7. The van der Waals surface area contributed by atoms with Gasteiger partial charge in [0.05, 0.1) is 16.8 Å². The normalized spacial score (nSPS) is 10.9. The summed E-state index contributed by atoms with van der Waals surface area (Å²) in [6.07, 6.45) is 4.50. The number of hydrogen-bond acceptors (Lipinski definition) is 6. The van der Waals surface area contributed by atoms with Gasteiger partial charge < -0.3 is 9.52 Å². The summed E-state index contributed by atoms with van der Waals surface area (Å²) in [5.41, 5.74) is 1.33. The van der Waals surface area contributed by atoms with Gasteiger partial charge in [-0.1, -0.05) is 29.5 Å². The van der Waals surface area contributed by atoms with Gasteiger partial charge in [0.1, 0.15) is 5.75 Å². The van der Waals surface area contributed by atoms with Crippen LogP contribution in [0.3, 0.4) is 0 Å². The molecule has 0 aliphatic carbocycles. The second kappa shape index (κ2) is 7.14. The Kier molecular flexibility index (Phi) is 4.76. The van der Waals surface area contributed by atoms with Crippen LogP contribution in [0.4, 0.5) is 5.13 Å². The minimum Gasteiger partial charge on any atom is -0.508 e. The Balaban J connectivity index is 1.72. The highest BCUT2D eigenvalue weighted by molar-refractivity contribution is 7.18. The Morgan fingerprint density at radius 1 is 1.24 bits per heavy atom. The van der Waals surface area contributed by atoms with Crippen molar-refractivity contribution in [1.82, 2.24) is 4.98 Å². The maximum Gasteiger partial charge on any atom is 0.293 e. The van der Waals surface area contributed by atoms with Crippen LogP contribution >= 0.6 is 11.3 Å². The molecule has 6 nitrogen and oxygen atoms in total. The van der Waals surface area contributed by atoms with Crippen LogP contribution in [-0.4, -0.2) is 21.8 Å². The van der Waals surface area contributed by atoms with Crippen molar-refractivity contribution in [2.45, 2.75) is 6.92 Å². The average molecular weight is 354 g/mol. The molecule has 0 spiro atoms. The largest absolute Gasteiger partial charge is 0.508 e. The van der Waals surface area contributed by atoms with Gasteiger partial charge in [-0.25, -0.2) is 4.98 Å². The first-order chi connectivity index (χ1) is 12.0. The van der Waals surface area contributed by atoms with E-state index in [1.807, 2.05) is 0 Å². The van der Waals surface area contributed by atoms with E-state index in [0.717, 1.165) is 16.9 Å². The number of hydrogen-bond donors (Lipinski definition) is 2. The lowest BCUT2D eigenvalue weighted by molar-refractivity contribution is 0.0995. The Bertz CT molecular complexity index is 925. The number of carbonyl (C=O) groups excluding carboxylic acids is 2. The monoisotopic (exact) mass is 354 g/mol. The summed E-state index contributed by atoms with van der Waals surface area (Å²) in [6.45, 7) is 1.71. The number of nitrogens with one attached hydrogen (secondary N) is 1. The quantitative estimate of drug-likeness (QED) is 0.535. The third-order valence-electron chi connectivity index (χ3n) is 3.31. The third kappa shape index (κ3) is 4.02. The van der Waals surface area contributed by atoms with E-state index in [2.05, 4.69) is 10.3 Å². The lowest BCUT2D eigenvalue weighted by Crippen LogP contribution is -2.10. The zero-order chi connectivity index (χ0) is 17.8. The summed E-state index contributed by atoms with van der Waals surface area (Å²) >= 11 is 1.11. The van der Waals surface area contributed by atoms with E-state index < -0.39 is 5.91 Å². The van der Waals surface area contributed by atoms with Gasteiger partial charge >= 0.3 is 0 Å². The van der Waals surface area contributed by atoms with Gasteiger partial charge in [-0.15, -0.1) is 0 Å². The number of nitrogens with zero attached hydrogens (tertiary/aromatic N) is 1. The minimum absolute atomic E-state index is 0.165.